The Kier molecular flexibility index (Phi) is 5.72. The molecule has 1 heterocycles. The number of halogens is 1. The molecule has 1 amide bonds. The van der Waals surface area contributed by atoms with Crippen molar-refractivity contribution in [1.29, 1.82) is 0 Å². The van der Waals surface area contributed by atoms with E-state index in [4.69, 9.17) is 4.74 Å². The number of benzene rings is 2. The summed E-state index contributed by atoms with van der Waals surface area (Å²) in [5.74, 6) is 0.588. The maximum atomic E-state index is 12.1. The van der Waals surface area contributed by atoms with E-state index in [9.17, 15) is 4.79 Å². The molecule has 3 rings (SSSR count). The van der Waals surface area contributed by atoms with Crippen LogP contribution in [0, 0.1) is 10.5 Å². The summed E-state index contributed by atoms with van der Waals surface area (Å²) in [5.41, 5.74) is 6.15. The van der Waals surface area contributed by atoms with Gasteiger partial charge in [-0.3, -0.25) is 4.79 Å². The summed E-state index contributed by atoms with van der Waals surface area (Å²) >= 11 is 2.17. The zero-order chi connectivity index (χ0) is 18.5. The number of aromatic nitrogens is 1. The van der Waals surface area contributed by atoms with Crippen LogP contribution < -0.4 is 10.2 Å². The molecule has 0 aliphatic rings. The molecule has 0 aliphatic carbocycles. The molecule has 5 nitrogen and oxygen atoms in total. The van der Waals surface area contributed by atoms with Crippen LogP contribution in [0.15, 0.2) is 65.9 Å². The summed E-state index contributed by atoms with van der Waals surface area (Å²) in [6, 6.07) is 17.2. The van der Waals surface area contributed by atoms with Crippen molar-refractivity contribution in [2.75, 3.05) is 7.11 Å². The van der Waals surface area contributed by atoms with E-state index in [1.54, 1.807) is 19.4 Å². The van der Waals surface area contributed by atoms with Crippen molar-refractivity contribution in [3.8, 4) is 11.4 Å². The maximum Gasteiger partial charge on any atom is 0.271 e. The standard InChI is InChI=1S/C20H18IN3O2/c1-14-10-15(13-24(14)18-6-8-19(26-2)9-7-18)12-22-23-20(25)16-4-3-5-17(21)11-16/h3-13H,1-2H3,(H,23,25)/b22-12-. The molecule has 3 aromatic rings. The number of carbonyl (C=O) groups is 1. The molecule has 2 aromatic carbocycles. The van der Waals surface area contributed by atoms with E-state index in [0.717, 1.165) is 26.3 Å². The van der Waals surface area contributed by atoms with E-state index in [1.807, 2.05) is 61.7 Å². The van der Waals surface area contributed by atoms with Gasteiger partial charge in [-0.15, -0.1) is 0 Å². The molecule has 0 radical (unpaired) electrons. The second-order valence-corrected chi connectivity index (χ2v) is 6.94. The molecule has 0 saturated heterocycles. The van der Waals surface area contributed by atoms with Gasteiger partial charge in [0.2, 0.25) is 0 Å². The van der Waals surface area contributed by atoms with Crippen molar-refractivity contribution < 1.29 is 9.53 Å². The van der Waals surface area contributed by atoms with E-state index >= 15 is 0 Å². The first kappa shape index (κ1) is 18.2. The first-order chi connectivity index (χ1) is 12.6. The smallest absolute Gasteiger partial charge is 0.271 e. The summed E-state index contributed by atoms with van der Waals surface area (Å²) in [6.07, 6.45) is 3.61. The van der Waals surface area contributed by atoms with E-state index in [2.05, 4.69) is 37.7 Å². The molecule has 1 N–H and O–H groups in total. The van der Waals surface area contributed by atoms with E-state index in [1.165, 1.54) is 0 Å². The number of nitrogens with one attached hydrogen (secondary N) is 1. The van der Waals surface area contributed by atoms with Gasteiger partial charge >= 0.3 is 0 Å². The molecule has 0 bridgehead atoms. The second kappa shape index (κ2) is 8.18. The van der Waals surface area contributed by atoms with E-state index < -0.39 is 0 Å². The molecular weight excluding hydrogens is 441 g/mol. The Labute approximate surface area is 165 Å². The highest BCUT2D eigenvalue weighted by Gasteiger charge is 2.05. The van der Waals surface area contributed by atoms with Crippen molar-refractivity contribution in [3.63, 3.8) is 0 Å². The number of aryl methyl sites for hydroxylation is 1. The Hall–Kier alpha value is -2.61. The third-order valence-electron chi connectivity index (χ3n) is 3.85. The topological polar surface area (TPSA) is 55.6 Å². The van der Waals surface area contributed by atoms with Crippen LogP contribution in [-0.4, -0.2) is 23.8 Å². The third-order valence-corrected chi connectivity index (χ3v) is 4.52. The number of hydrogen-bond acceptors (Lipinski definition) is 3. The summed E-state index contributed by atoms with van der Waals surface area (Å²) in [6.45, 7) is 2.02. The quantitative estimate of drug-likeness (QED) is 0.354. The first-order valence-electron chi connectivity index (χ1n) is 7.99. The summed E-state index contributed by atoms with van der Waals surface area (Å²) in [7, 11) is 1.65. The lowest BCUT2D eigenvalue weighted by atomic mass is 10.2. The molecule has 6 heteroatoms. The molecule has 0 aliphatic heterocycles. The van der Waals surface area contributed by atoms with Crippen LogP contribution in [0.2, 0.25) is 0 Å². The van der Waals surface area contributed by atoms with Crippen molar-refractivity contribution in [2.24, 2.45) is 5.10 Å². The van der Waals surface area contributed by atoms with Gasteiger partial charge in [-0.25, -0.2) is 5.43 Å². The van der Waals surface area contributed by atoms with Crippen LogP contribution in [0.25, 0.3) is 5.69 Å². The minimum absolute atomic E-state index is 0.230. The fourth-order valence-corrected chi connectivity index (χ4v) is 3.09. The number of rotatable bonds is 5. The van der Waals surface area contributed by atoms with Gasteiger partial charge in [0.25, 0.3) is 5.91 Å². The third kappa shape index (κ3) is 4.32. The van der Waals surface area contributed by atoms with E-state index in [-0.39, 0.29) is 5.91 Å². The zero-order valence-electron chi connectivity index (χ0n) is 14.4. The van der Waals surface area contributed by atoms with Crippen LogP contribution in [0.4, 0.5) is 0 Å². The van der Waals surface area contributed by atoms with Gasteiger partial charge in [0, 0.05) is 32.3 Å². The Bertz CT molecular complexity index is 946. The zero-order valence-corrected chi connectivity index (χ0v) is 16.6. The SMILES string of the molecule is COc1ccc(-n2cc(/C=N\NC(=O)c3cccc(I)c3)cc2C)cc1. The first-order valence-corrected chi connectivity index (χ1v) is 9.07. The molecule has 132 valence electrons. The van der Waals surface area contributed by atoms with Crippen LogP contribution >= 0.6 is 22.6 Å². The Morgan fingerprint density at radius 3 is 2.65 bits per heavy atom. The largest absolute Gasteiger partial charge is 0.497 e. The summed E-state index contributed by atoms with van der Waals surface area (Å²) in [4.78, 5) is 12.1. The van der Waals surface area contributed by atoms with Crippen molar-refractivity contribution in [1.82, 2.24) is 9.99 Å². The number of amides is 1. The van der Waals surface area contributed by atoms with Gasteiger partial charge in [0.15, 0.2) is 0 Å². The highest BCUT2D eigenvalue weighted by atomic mass is 127. The Morgan fingerprint density at radius 2 is 1.96 bits per heavy atom. The second-order valence-electron chi connectivity index (χ2n) is 5.69. The van der Waals surface area contributed by atoms with Crippen molar-refractivity contribution in [3.05, 3.63) is 81.2 Å². The lowest BCUT2D eigenvalue weighted by Gasteiger charge is -2.06. The van der Waals surface area contributed by atoms with E-state index in [0.29, 0.717) is 5.56 Å². The van der Waals surface area contributed by atoms with Crippen LogP contribution in [-0.2, 0) is 0 Å². The number of hydrogen-bond donors (Lipinski definition) is 1. The molecule has 1 aromatic heterocycles. The number of carbonyl (C=O) groups excluding carboxylic acids is 1. The maximum absolute atomic E-state index is 12.1. The van der Waals surface area contributed by atoms with Gasteiger partial charge in [-0.2, -0.15) is 5.10 Å². The number of methoxy groups -OCH3 is 1. The predicted molar refractivity (Wildman–Crippen MR) is 111 cm³/mol. The lowest BCUT2D eigenvalue weighted by Crippen LogP contribution is -2.17. The number of ether oxygens (including phenoxy) is 1. The summed E-state index contributed by atoms with van der Waals surface area (Å²) in [5, 5.41) is 4.06. The van der Waals surface area contributed by atoms with Crippen LogP contribution in [0.3, 0.4) is 0 Å². The average Bonchev–Trinajstić information content (AvgIpc) is 3.02. The normalized spacial score (nSPS) is 10.9. The van der Waals surface area contributed by atoms with Gasteiger partial charge in [-0.1, -0.05) is 6.07 Å². The van der Waals surface area contributed by atoms with Crippen molar-refractivity contribution >= 4 is 34.7 Å². The molecule has 0 unspecified atom stereocenters. The molecule has 0 fully saturated rings. The molecule has 26 heavy (non-hydrogen) atoms. The van der Waals surface area contributed by atoms with Gasteiger partial charge in [-0.05, 0) is 78.0 Å². The van der Waals surface area contributed by atoms with Gasteiger partial charge in [0.05, 0.1) is 13.3 Å². The highest BCUT2D eigenvalue weighted by molar-refractivity contribution is 14.1. The average molecular weight is 459 g/mol. The minimum atomic E-state index is -0.230. The predicted octanol–water partition coefficient (Wildman–Crippen LogP) is 4.16. The molecular formula is C20H18IN3O2. The number of nitrogens with zero attached hydrogens (tertiary/aromatic N) is 2. The van der Waals surface area contributed by atoms with Crippen molar-refractivity contribution in [2.45, 2.75) is 6.92 Å². The van der Waals surface area contributed by atoms with Gasteiger partial charge < -0.3 is 9.30 Å². The fraction of sp³-hybridized carbons (Fsp3) is 0.100. The van der Waals surface area contributed by atoms with Crippen LogP contribution in [0.5, 0.6) is 5.75 Å². The Morgan fingerprint density at radius 1 is 1.19 bits per heavy atom. The van der Waals surface area contributed by atoms with Crippen LogP contribution in [0.1, 0.15) is 21.6 Å². The fourth-order valence-electron chi connectivity index (χ4n) is 2.55. The molecule has 0 atom stereocenters. The number of hydrazone groups is 1. The highest BCUT2D eigenvalue weighted by Crippen LogP contribution is 2.18. The molecule has 0 saturated carbocycles. The summed E-state index contributed by atoms with van der Waals surface area (Å²) < 4.78 is 8.25. The monoisotopic (exact) mass is 459 g/mol. The lowest BCUT2D eigenvalue weighted by molar-refractivity contribution is 0.0955. The molecule has 0 spiro atoms. The van der Waals surface area contributed by atoms with Gasteiger partial charge in [0.1, 0.15) is 5.75 Å². The minimum Gasteiger partial charge on any atom is -0.497 e. The Balaban J connectivity index is 1.70.